The van der Waals surface area contributed by atoms with E-state index < -0.39 is 6.10 Å². The predicted octanol–water partition coefficient (Wildman–Crippen LogP) is 3.03. The standard InChI is InChI=1S/C20H27N3O2/c24-19(16-7-2-1-3-8-16)15-22-20(23-17-9-4-5-10-17)21-13-12-18-11-6-14-25-18/h1-3,6-8,11,14,17,19,24H,4-5,9-10,12-13,15H2,(H2,21,22,23). The zero-order chi connectivity index (χ0) is 17.3. The van der Waals surface area contributed by atoms with Crippen LogP contribution in [0, 0.1) is 0 Å². The summed E-state index contributed by atoms with van der Waals surface area (Å²) in [7, 11) is 0. The fraction of sp³-hybridized carbons (Fsp3) is 0.450. The van der Waals surface area contributed by atoms with Crippen LogP contribution in [0.4, 0.5) is 0 Å². The van der Waals surface area contributed by atoms with E-state index in [0.717, 1.165) is 30.2 Å². The molecule has 2 aromatic rings. The average Bonchev–Trinajstić information content (AvgIpc) is 3.34. The Labute approximate surface area is 149 Å². The van der Waals surface area contributed by atoms with E-state index >= 15 is 0 Å². The molecule has 1 aliphatic carbocycles. The van der Waals surface area contributed by atoms with Gasteiger partial charge >= 0.3 is 0 Å². The number of nitrogens with zero attached hydrogens (tertiary/aromatic N) is 1. The Morgan fingerprint density at radius 2 is 1.96 bits per heavy atom. The summed E-state index contributed by atoms with van der Waals surface area (Å²) in [5.41, 5.74) is 0.891. The van der Waals surface area contributed by atoms with Crippen molar-refractivity contribution in [2.24, 2.45) is 4.99 Å². The quantitative estimate of drug-likeness (QED) is 0.535. The largest absolute Gasteiger partial charge is 0.469 e. The van der Waals surface area contributed by atoms with Crippen molar-refractivity contribution < 1.29 is 9.52 Å². The molecule has 0 amide bonds. The van der Waals surface area contributed by atoms with Crippen molar-refractivity contribution in [1.29, 1.82) is 0 Å². The molecule has 1 aromatic carbocycles. The summed E-state index contributed by atoms with van der Waals surface area (Å²) in [4.78, 5) is 4.60. The Kier molecular flexibility index (Phi) is 6.51. The molecule has 1 heterocycles. The lowest BCUT2D eigenvalue weighted by molar-refractivity contribution is 0.187. The molecule has 1 unspecified atom stereocenters. The van der Waals surface area contributed by atoms with Crippen LogP contribution in [-0.4, -0.2) is 30.2 Å². The molecule has 25 heavy (non-hydrogen) atoms. The van der Waals surface area contributed by atoms with Crippen LogP contribution < -0.4 is 10.6 Å². The van der Waals surface area contributed by atoms with Crippen LogP contribution in [0.3, 0.4) is 0 Å². The molecule has 134 valence electrons. The van der Waals surface area contributed by atoms with Gasteiger partial charge in [0.15, 0.2) is 5.96 Å². The highest BCUT2D eigenvalue weighted by atomic mass is 16.3. The van der Waals surface area contributed by atoms with E-state index in [1.807, 2.05) is 42.5 Å². The van der Waals surface area contributed by atoms with Crippen LogP contribution in [-0.2, 0) is 6.42 Å². The molecule has 1 saturated carbocycles. The van der Waals surface area contributed by atoms with Crippen LogP contribution in [0.5, 0.6) is 0 Å². The molecule has 5 nitrogen and oxygen atoms in total. The highest BCUT2D eigenvalue weighted by molar-refractivity contribution is 5.80. The summed E-state index contributed by atoms with van der Waals surface area (Å²) >= 11 is 0. The molecular weight excluding hydrogens is 314 g/mol. The monoisotopic (exact) mass is 341 g/mol. The van der Waals surface area contributed by atoms with Gasteiger partial charge < -0.3 is 20.2 Å². The first-order valence-corrected chi connectivity index (χ1v) is 9.11. The first-order chi connectivity index (χ1) is 12.3. The van der Waals surface area contributed by atoms with E-state index in [0.29, 0.717) is 12.6 Å². The Bertz CT molecular complexity index is 634. The van der Waals surface area contributed by atoms with Crippen molar-refractivity contribution >= 4 is 5.96 Å². The number of hydrogen-bond donors (Lipinski definition) is 3. The van der Waals surface area contributed by atoms with Gasteiger partial charge in [-0.2, -0.15) is 0 Å². The number of aliphatic hydroxyl groups excluding tert-OH is 1. The number of aliphatic imine (C=N–C) groups is 1. The molecule has 3 rings (SSSR count). The summed E-state index contributed by atoms with van der Waals surface area (Å²) in [6, 6.07) is 14.0. The second-order valence-electron chi connectivity index (χ2n) is 6.50. The Morgan fingerprint density at radius 1 is 1.16 bits per heavy atom. The van der Waals surface area contributed by atoms with Gasteiger partial charge in [0.05, 0.1) is 18.9 Å². The number of rotatable bonds is 7. The SMILES string of the molecule is OC(CN=C(NCCc1ccco1)NC1CCCC1)c1ccccc1. The number of nitrogens with one attached hydrogen (secondary N) is 2. The van der Waals surface area contributed by atoms with E-state index in [1.165, 1.54) is 25.7 Å². The molecule has 5 heteroatoms. The van der Waals surface area contributed by atoms with E-state index in [1.54, 1.807) is 6.26 Å². The lowest BCUT2D eigenvalue weighted by Gasteiger charge is -2.18. The number of hydrogen-bond acceptors (Lipinski definition) is 3. The van der Waals surface area contributed by atoms with Crippen LogP contribution in [0.25, 0.3) is 0 Å². The maximum Gasteiger partial charge on any atom is 0.191 e. The second kappa shape index (κ2) is 9.28. The van der Waals surface area contributed by atoms with Gasteiger partial charge in [-0.3, -0.25) is 4.99 Å². The van der Waals surface area contributed by atoms with Crippen LogP contribution in [0.2, 0.25) is 0 Å². The summed E-state index contributed by atoms with van der Waals surface area (Å²) in [5, 5.41) is 17.2. The highest BCUT2D eigenvalue weighted by Crippen LogP contribution is 2.17. The molecule has 0 bridgehead atoms. The van der Waals surface area contributed by atoms with Crippen LogP contribution in [0.1, 0.15) is 43.1 Å². The zero-order valence-electron chi connectivity index (χ0n) is 14.5. The normalized spacial score (nSPS) is 16.8. The maximum atomic E-state index is 10.3. The Morgan fingerprint density at radius 3 is 2.68 bits per heavy atom. The molecular formula is C20H27N3O2. The van der Waals surface area contributed by atoms with E-state index in [-0.39, 0.29) is 0 Å². The molecule has 0 radical (unpaired) electrons. The Hall–Kier alpha value is -2.27. The lowest BCUT2D eigenvalue weighted by Crippen LogP contribution is -2.43. The van der Waals surface area contributed by atoms with Crippen LogP contribution in [0.15, 0.2) is 58.1 Å². The first-order valence-electron chi connectivity index (χ1n) is 9.11. The number of aliphatic hydroxyl groups is 1. The number of furan rings is 1. The third-order valence-corrected chi connectivity index (χ3v) is 4.55. The molecule has 0 saturated heterocycles. The van der Waals surface area contributed by atoms with Crippen molar-refractivity contribution in [1.82, 2.24) is 10.6 Å². The van der Waals surface area contributed by atoms with Crippen molar-refractivity contribution in [2.75, 3.05) is 13.1 Å². The smallest absolute Gasteiger partial charge is 0.191 e. The van der Waals surface area contributed by atoms with Crippen molar-refractivity contribution in [3.8, 4) is 0 Å². The van der Waals surface area contributed by atoms with Crippen LogP contribution >= 0.6 is 0 Å². The molecule has 1 fully saturated rings. The number of benzene rings is 1. The van der Waals surface area contributed by atoms with Crippen molar-refractivity contribution in [2.45, 2.75) is 44.2 Å². The van der Waals surface area contributed by atoms with Gasteiger partial charge in [0, 0.05) is 19.0 Å². The second-order valence-corrected chi connectivity index (χ2v) is 6.50. The minimum atomic E-state index is -0.589. The van der Waals surface area contributed by atoms with E-state index in [4.69, 9.17) is 4.42 Å². The third-order valence-electron chi connectivity index (χ3n) is 4.55. The first kappa shape index (κ1) is 17.5. The Balaban J connectivity index is 1.55. The number of guanidine groups is 1. The van der Waals surface area contributed by atoms with Gasteiger partial charge in [-0.05, 0) is 30.5 Å². The van der Waals surface area contributed by atoms with Crippen molar-refractivity contribution in [3.63, 3.8) is 0 Å². The molecule has 0 aliphatic heterocycles. The molecule has 1 aliphatic rings. The summed E-state index contributed by atoms with van der Waals surface area (Å²) in [6.45, 7) is 1.08. The molecule has 1 atom stereocenters. The average molecular weight is 341 g/mol. The zero-order valence-corrected chi connectivity index (χ0v) is 14.5. The topological polar surface area (TPSA) is 69.8 Å². The summed E-state index contributed by atoms with van der Waals surface area (Å²) < 4.78 is 5.36. The van der Waals surface area contributed by atoms with Gasteiger partial charge in [0.2, 0.25) is 0 Å². The lowest BCUT2D eigenvalue weighted by atomic mass is 10.1. The molecule has 1 aromatic heterocycles. The highest BCUT2D eigenvalue weighted by Gasteiger charge is 2.16. The fourth-order valence-electron chi connectivity index (χ4n) is 3.13. The van der Waals surface area contributed by atoms with Gasteiger partial charge in [0.25, 0.3) is 0 Å². The summed E-state index contributed by atoms with van der Waals surface area (Å²) in [6.07, 6.45) is 6.80. The van der Waals surface area contributed by atoms with E-state index in [9.17, 15) is 5.11 Å². The minimum Gasteiger partial charge on any atom is -0.469 e. The van der Waals surface area contributed by atoms with Gasteiger partial charge in [-0.1, -0.05) is 43.2 Å². The van der Waals surface area contributed by atoms with Gasteiger partial charge in [-0.15, -0.1) is 0 Å². The molecule has 3 N–H and O–H groups in total. The van der Waals surface area contributed by atoms with Gasteiger partial charge in [-0.25, -0.2) is 0 Å². The minimum absolute atomic E-state index is 0.340. The van der Waals surface area contributed by atoms with E-state index in [2.05, 4.69) is 15.6 Å². The van der Waals surface area contributed by atoms with Crippen molar-refractivity contribution in [3.05, 3.63) is 60.1 Å². The fourth-order valence-corrected chi connectivity index (χ4v) is 3.13. The summed E-state index contributed by atoms with van der Waals surface area (Å²) in [5.74, 6) is 1.73. The van der Waals surface area contributed by atoms with Gasteiger partial charge in [0.1, 0.15) is 5.76 Å². The third kappa shape index (κ3) is 5.64. The molecule has 0 spiro atoms. The predicted molar refractivity (Wildman–Crippen MR) is 99.5 cm³/mol. The maximum absolute atomic E-state index is 10.3.